The Morgan fingerprint density at radius 2 is 1.85 bits per heavy atom. The molecule has 8 nitrogen and oxygen atoms in total. The first-order valence-electron chi connectivity index (χ1n) is 10.2. The van der Waals surface area contributed by atoms with Crippen LogP contribution >= 0.6 is 15.9 Å². The molecule has 2 N–H and O–H groups in total. The van der Waals surface area contributed by atoms with Crippen molar-refractivity contribution in [2.45, 2.75) is 19.1 Å². The second-order valence-corrected chi connectivity index (χ2v) is 8.27. The summed E-state index contributed by atoms with van der Waals surface area (Å²) in [4.78, 5) is 24.9. The molecule has 0 spiro atoms. The van der Waals surface area contributed by atoms with E-state index in [0.717, 1.165) is 22.3 Å². The maximum Gasteiger partial charge on any atom is 0.405 e. The quantitative estimate of drug-likeness (QED) is 0.327. The predicted molar refractivity (Wildman–Crippen MR) is 123 cm³/mol. The van der Waals surface area contributed by atoms with E-state index in [9.17, 15) is 23.5 Å². The number of nitrogens with zero attached hydrogens (tertiary/aromatic N) is 3. The molecule has 1 unspecified atom stereocenters. The Morgan fingerprint density at radius 3 is 2.53 bits per heavy atom. The number of halogens is 3. The van der Waals surface area contributed by atoms with E-state index in [2.05, 4.69) is 26.3 Å². The molecule has 0 aliphatic heterocycles. The zero-order chi connectivity index (χ0) is 24.2. The van der Waals surface area contributed by atoms with Gasteiger partial charge in [-0.15, -0.1) is 0 Å². The number of carbonyl (C=O) groups is 1. The first kappa shape index (κ1) is 23.6. The maximum absolute atomic E-state index is 14.0. The third-order valence-electron chi connectivity index (χ3n) is 5.04. The summed E-state index contributed by atoms with van der Waals surface area (Å²) in [6.07, 6.45) is 0.273. The summed E-state index contributed by atoms with van der Waals surface area (Å²) in [5.41, 5.74) is 0.314. The zero-order valence-electron chi connectivity index (χ0n) is 17.6. The van der Waals surface area contributed by atoms with Crippen molar-refractivity contribution in [2.24, 2.45) is 0 Å². The van der Waals surface area contributed by atoms with E-state index in [1.807, 2.05) is 30.3 Å². The second-order valence-electron chi connectivity index (χ2n) is 7.41. The average molecular weight is 533 g/mol. The van der Waals surface area contributed by atoms with Crippen LogP contribution in [-0.4, -0.2) is 32.0 Å². The third-order valence-corrected chi connectivity index (χ3v) is 5.68. The fraction of sp³-hybridized carbons (Fsp3) is 0.174. The van der Waals surface area contributed by atoms with Crippen molar-refractivity contribution in [1.82, 2.24) is 19.5 Å². The molecule has 0 bridgehead atoms. The Morgan fingerprint density at radius 1 is 1.15 bits per heavy atom. The molecule has 176 valence electrons. The third kappa shape index (κ3) is 5.15. The Balaban J connectivity index is 1.75. The van der Waals surface area contributed by atoms with Gasteiger partial charge in [-0.05, 0) is 46.1 Å². The molecule has 0 aliphatic rings. The van der Waals surface area contributed by atoms with Gasteiger partial charge in [-0.3, -0.25) is 9.36 Å². The number of hydrogen-bond donors (Lipinski definition) is 2. The molecule has 2 aromatic carbocycles. The maximum atomic E-state index is 14.0. The first-order valence-corrected chi connectivity index (χ1v) is 11.0. The van der Waals surface area contributed by atoms with Crippen LogP contribution in [-0.2, 0) is 11.3 Å². The molecule has 2 aromatic heterocycles. The number of ether oxygens (including phenoxy) is 1. The summed E-state index contributed by atoms with van der Waals surface area (Å²) in [6, 6.07) is 12.6. The van der Waals surface area contributed by atoms with E-state index in [-0.39, 0.29) is 30.1 Å². The number of aromatic nitrogens is 3. The van der Waals surface area contributed by atoms with E-state index in [0.29, 0.717) is 17.1 Å². The molecule has 34 heavy (non-hydrogen) atoms. The van der Waals surface area contributed by atoms with Crippen LogP contribution in [0, 0.1) is 11.6 Å². The van der Waals surface area contributed by atoms with E-state index in [4.69, 9.17) is 4.74 Å². The summed E-state index contributed by atoms with van der Waals surface area (Å²) in [5.74, 6) is -1.83. The fourth-order valence-corrected chi connectivity index (χ4v) is 4.04. The highest BCUT2D eigenvalue weighted by molar-refractivity contribution is 9.10. The molecule has 0 aliphatic carbocycles. The van der Waals surface area contributed by atoms with E-state index in [1.54, 1.807) is 6.07 Å². The monoisotopic (exact) mass is 532 g/mol. The number of benzene rings is 2. The lowest BCUT2D eigenvalue weighted by atomic mass is 10.2. The minimum atomic E-state index is -1.35. The largest absolute Gasteiger partial charge is 0.465 e. The van der Waals surface area contributed by atoms with Crippen LogP contribution in [0.15, 0.2) is 70.1 Å². The number of rotatable bonds is 8. The van der Waals surface area contributed by atoms with E-state index >= 15 is 0 Å². The summed E-state index contributed by atoms with van der Waals surface area (Å²) in [5, 5.41) is 16.2. The van der Waals surface area contributed by atoms with Crippen molar-refractivity contribution in [1.29, 1.82) is 0 Å². The minimum absolute atomic E-state index is 0.0451. The molecule has 1 atom stereocenters. The van der Waals surface area contributed by atoms with Crippen LogP contribution in [0.3, 0.4) is 0 Å². The Hall–Kier alpha value is -3.57. The van der Waals surface area contributed by atoms with Crippen molar-refractivity contribution >= 4 is 27.5 Å². The molecule has 4 aromatic rings. The molecule has 11 heteroatoms. The van der Waals surface area contributed by atoms with Crippen molar-refractivity contribution in [3.8, 4) is 5.69 Å². The molecular weight excluding hydrogens is 514 g/mol. The highest BCUT2D eigenvalue weighted by Gasteiger charge is 2.25. The van der Waals surface area contributed by atoms with Gasteiger partial charge in [-0.25, -0.2) is 18.1 Å². The molecule has 0 radical (unpaired) electrons. The molecule has 4 rings (SSSR count). The molecular formula is C23H19BrF2N4O4. The Labute approximate surface area is 200 Å². The van der Waals surface area contributed by atoms with Gasteiger partial charge in [0.25, 0.3) is 5.56 Å². The van der Waals surface area contributed by atoms with Crippen LogP contribution < -0.4 is 10.9 Å². The van der Waals surface area contributed by atoms with Crippen LogP contribution in [0.5, 0.6) is 0 Å². The van der Waals surface area contributed by atoms with Gasteiger partial charge in [0.05, 0.1) is 22.8 Å². The van der Waals surface area contributed by atoms with Crippen molar-refractivity contribution in [2.75, 3.05) is 6.61 Å². The highest BCUT2D eigenvalue weighted by atomic mass is 79.9. The summed E-state index contributed by atoms with van der Waals surface area (Å²) in [7, 11) is 0. The van der Waals surface area contributed by atoms with Gasteiger partial charge in [-0.2, -0.15) is 5.10 Å². The lowest BCUT2D eigenvalue weighted by Gasteiger charge is -2.21. The molecule has 0 saturated heterocycles. The lowest BCUT2D eigenvalue weighted by molar-refractivity contribution is 0.109. The molecule has 2 heterocycles. The van der Waals surface area contributed by atoms with Crippen LogP contribution in [0.4, 0.5) is 13.6 Å². The number of fused-ring (bicyclic) bond motifs is 1. The van der Waals surface area contributed by atoms with Crippen molar-refractivity contribution in [3.63, 3.8) is 0 Å². The second kappa shape index (κ2) is 10.1. The fourth-order valence-electron chi connectivity index (χ4n) is 3.57. The normalized spacial score (nSPS) is 12.1. The average Bonchev–Trinajstić information content (AvgIpc) is 3.16. The van der Waals surface area contributed by atoms with E-state index < -0.39 is 29.3 Å². The number of amides is 1. The van der Waals surface area contributed by atoms with Crippen molar-refractivity contribution in [3.05, 3.63) is 98.6 Å². The molecule has 1 amide bonds. The molecule has 0 fully saturated rings. The summed E-state index contributed by atoms with van der Waals surface area (Å²) in [6.45, 7) is 0.431. The predicted octanol–water partition coefficient (Wildman–Crippen LogP) is 4.44. The summed E-state index contributed by atoms with van der Waals surface area (Å²) < 4.78 is 36.4. The van der Waals surface area contributed by atoms with Gasteiger partial charge in [0, 0.05) is 18.9 Å². The first-order chi connectivity index (χ1) is 16.3. The van der Waals surface area contributed by atoms with Crippen LogP contribution in [0.2, 0.25) is 0 Å². The van der Waals surface area contributed by atoms with Crippen molar-refractivity contribution < 1.29 is 23.4 Å². The van der Waals surface area contributed by atoms with Gasteiger partial charge in [0.1, 0.15) is 17.2 Å². The SMILES string of the molecule is O=C(O)NC(CCOCc1ccccc1)c1nn2ccc(Br)c2c(=O)n1-c1cc(F)cc(F)c1. The summed E-state index contributed by atoms with van der Waals surface area (Å²) >= 11 is 3.28. The number of carboxylic acid groups (broad SMARTS) is 1. The number of hydrogen-bond acceptors (Lipinski definition) is 4. The standard InChI is InChI=1S/C23H19BrF2N4O4/c24-18-6-8-29-20(18)22(31)30(17-11-15(25)10-16(26)12-17)21(28-29)19(27-23(32)33)7-9-34-13-14-4-2-1-3-5-14/h1-6,8,10-12,19,27H,7,9,13H2,(H,32,33). The lowest BCUT2D eigenvalue weighted by Crippen LogP contribution is -2.35. The van der Waals surface area contributed by atoms with Crippen LogP contribution in [0.25, 0.3) is 11.2 Å². The Bertz CT molecular complexity index is 1370. The van der Waals surface area contributed by atoms with Gasteiger partial charge in [0.15, 0.2) is 5.82 Å². The smallest absolute Gasteiger partial charge is 0.405 e. The minimum Gasteiger partial charge on any atom is -0.465 e. The molecule has 0 saturated carbocycles. The van der Waals surface area contributed by atoms with E-state index in [1.165, 1.54) is 10.7 Å². The van der Waals surface area contributed by atoms with Gasteiger partial charge in [-0.1, -0.05) is 30.3 Å². The van der Waals surface area contributed by atoms with Gasteiger partial charge >= 0.3 is 6.09 Å². The number of nitrogens with one attached hydrogen (secondary N) is 1. The zero-order valence-corrected chi connectivity index (χ0v) is 19.2. The van der Waals surface area contributed by atoms with Crippen LogP contribution in [0.1, 0.15) is 23.9 Å². The topological polar surface area (TPSA) is 97.9 Å². The van der Waals surface area contributed by atoms with Gasteiger partial charge in [0.2, 0.25) is 0 Å². The highest BCUT2D eigenvalue weighted by Crippen LogP contribution is 2.23. The Kier molecular flexibility index (Phi) is 7.03. The van der Waals surface area contributed by atoms with Gasteiger partial charge < -0.3 is 15.2 Å².